The van der Waals surface area contributed by atoms with E-state index in [1.54, 1.807) is 6.20 Å². The van der Waals surface area contributed by atoms with Crippen LogP contribution in [-0.2, 0) is 0 Å². The third-order valence-corrected chi connectivity index (χ3v) is 5.18. The summed E-state index contributed by atoms with van der Waals surface area (Å²) in [4.78, 5) is 13.8. The number of benzene rings is 3. The van der Waals surface area contributed by atoms with Crippen LogP contribution in [0.3, 0.4) is 0 Å². The third-order valence-electron chi connectivity index (χ3n) is 5.18. The van der Waals surface area contributed by atoms with Crippen molar-refractivity contribution in [1.29, 1.82) is 0 Å². The van der Waals surface area contributed by atoms with Crippen molar-refractivity contribution >= 4 is 44.5 Å². The average molecular weight is 388 g/mol. The van der Waals surface area contributed by atoms with Crippen molar-refractivity contribution in [3.05, 3.63) is 91.3 Å². The molecule has 3 aromatic carbocycles. The first-order chi connectivity index (χ1) is 14.8. The Morgan fingerprint density at radius 2 is 1.53 bits per heavy atom. The van der Waals surface area contributed by atoms with Crippen molar-refractivity contribution in [3.8, 4) is 11.3 Å². The molecule has 6 rings (SSSR count). The minimum atomic E-state index is 0.564. The molecule has 0 aliphatic rings. The van der Waals surface area contributed by atoms with Crippen molar-refractivity contribution < 1.29 is 4.42 Å². The van der Waals surface area contributed by atoms with E-state index in [0.29, 0.717) is 5.95 Å². The molecule has 0 radical (unpaired) electrons. The zero-order valence-corrected chi connectivity index (χ0v) is 15.9. The number of para-hydroxylation sites is 2. The number of rotatable bonds is 3. The minimum absolute atomic E-state index is 0.564. The standard InChI is InChI=1S/C25H16N4O/c1-2-6-17(7-3-1)27-25-28-21-9-5-4-8-18(21)24(29-25)16-10-11-22-19(14-16)20-15-26-13-12-23(20)30-22/h1-15H,(H,27,28,29). The highest BCUT2D eigenvalue weighted by atomic mass is 16.3. The number of anilines is 2. The van der Waals surface area contributed by atoms with Gasteiger partial charge in [0.15, 0.2) is 0 Å². The van der Waals surface area contributed by atoms with E-state index in [9.17, 15) is 0 Å². The van der Waals surface area contributed by atoms with Gasteiger partial charge >= 0.3 is 0 Å². The molecule has 0 aliphatic carbocycles. The second-order valence-electron chi connectivity index (χ2n) is 7.09. The maximum Gasteiger partial charge on any atom is 0.228 e. The Morgan fingerprint density at radius 3 is 2.47 bits per heavy atom. The molecule has 30 heavy (non-hydrogen) atoms. The Balaban J connectivity index is 1.56. The van der Waals surface area contributed by atoms with Gasteiger partial charge in [0.2, 0.25) is 5.95 Å². The molecule has 0 saturated heterocycles. The summed E-state index contributed by atoms with van der Waals surface area (Å²) in [5, 5.41) is 6.34. The summed E-state index contributed by atoms with van der Waals surface area (Å²) in [5.41, 5.74) is 5.38. The highest BCUT2D eigenvalue weighted by molar-refractivity contribution is 6.06. The van der Waals surface area contributed by atoms with Gasteiger partial charge in [0, 0.05) is 39.8 Å². The van der Waals surface area contributed by atoms with E-state index >= 15 is 0 Å². The zero-order valence-electron chi connectivity index (χ0n) is 15.9. The molecule has 0 unspecified atom stereocenters. The molecule has 3 heterocycles. The second kappa shape index (κ2) is 6.67. The van der Waals surface area contributed by atoms with Crippen molar-refractivity contribution in [3.63, 3.8) is 0 Å². The van der Waals surface area contributed by atoms with E-state index in [2.05, 4.69) is 22.4 Å². The van der Waals surface area contributed by atoms with Gasteiger partial charge in [-0.15, -0.1) is 0 Å². The van der Waals surface area contributed by atoms with Crippen molar-refractivity contribution in [2.24, 2.45) is 0 Å². The highest BCUT2D eigenvalue weighted by Gasteiger charge is 2.13. The van der Waals surface area contributed by atoms with Gasteiger partial charge in [0.05, 0.1) is 11.2 Å². The molecule has 0 aliphatic heterocycles. The van der Waals surface area contributed by atoms with Crippen molar-refractivity contribution in [2.75, 3.05) is 5.32 Å². The van der Waals surface area contributed by atoms with Crippen LogP contribution in [0.2, 0.25) is 0 Å². The first-order valence-corrected chi connectivity index (χ1v) is 9.71. The summed E-state index contributed by atoms with van der Waals surface area (Å²) in [6.07, 6.45) is 3.58. The summed E-state index contributed by atoms with van der Waals surface area (Å²) in [6.45, 7) is 0. The quantitative estimate of drug-likeness (QED) is 0.383. The molecule has 0 spiro atoms. The molecule has 5 heteroatoms. The fourth-order valence-electron chi connectivity index (χ4n) is 3.77. The fourth-order valence-corrected chi connectivity index (χ4v) is 3.77. The van der Waals surface area contributed by atoms with Crippen LogP contribution in [0.5, 0.6) is 0 Å². The van der Waals surface area contributed by atoms with Crippen LogP contribution in [0.15, 0.2) is 95.7 Å². The molecular formula is C25H16N4O. The van der Waals surface area contributed by atoms with Crippen LogP contribution >= 0.6 is 0 Å². The van der Waals surface area contributed by atoms with Gasteiger partial charge < -0.3 is 9.73 Å². The number of hydrogen-bond acceptors (Lipinski definition) is 5. The summed E-state index contributed by atoms with van der Waals surface area (Å²) < 4.78 is 5.95. The number of nitrogens with one attached hydrogen (secondary N) is 1. The molecule has 5 nitrogen and oxygen atoms in total. The molecular weight excluding hydrogens is 372 g/mol. The maximum absolute atomic E-state index is 5.95. The zero-order chi connectivity index (χ0) is 19.9. The summed E-state index contributed by atoms with van der Waals surface area (Å²) in [7, 11) is 0. The number of aromatic nitrogens is 3. The largest absolute Gasteiger partial charge is 0.456 e. The molecule has 6 aromatic rings. The third kappa shape index (κ3) is 2.76. The Morgan fingerprint density at radius 1 is 0.700 bits per heavy atom. The van der Waals surface area contributed by atoms with Gasteiger partial charge in [-0.3, -0.25) is 4.98 Å². The molecule has 142 valence electrons. The van der Waals surface area contributed by atoms with Crippen LogP contribution in [0.4, 0.5) is 11.6 Å². The van der Waals surface area contributed by atoms with Gasteiger partial charge in [0.25, 0.3) is 0 Å². The lowest BCUT2D eigenvalue weighted by atomic mass is 10.0. The lowest BCUT2D eigenvalue weighted by Gasteiger charge is -2.10. The number of pyridine rings is 1. The number of hydrogen-bond donors (Lipinski definition) is 1. The summed E-state index contributed by atoms with van der Waals surface area (Å²) >= 11 is 0. The van der Waals surface area contributed by atoms with Gasteiger partial charge in [-0.05, 0) is 42.5 Å². The molecule has 0 atom stereocenters. The van der Waals surface area contributed by atoms with E-state index in [-0.39, 0.29) is 0 Å². The smallest absolute Gasteiger partial charge is 0.228 e. The molecule has 0 bridgehead atoms. The molecule has 1 N–H and O–H groups in total. The first kappa shape index (κ1) is 16.7. The first-order valence-electron chi connectivity index (χ1n) is 9.71. The van der Waals surface area contributed by atoms with E-state index in [0.717, 1.165) is 49.8 Å². The number of furan rings is 1. The van der Waals surface area contributed by atoms with E-state index in [1.165, 1.54) is 0 Å². The van der Waals surface area contributed by atoms with Crippen LogP contribution in [-0.4, -0.2) is 15.0 Å². The Hall–Kier alpha value is -4.25. The topological polar surface area (TPSA) is 63.8 Å². The normalized spacial score (nSPS) is 11.3. The van der Waals surface area contributed by atoms with Gasteiger partial charge in [-0.2, -0.15) is 0 Å². The maximum atomic E-state index is 5.95. The van der Waals surface area contributed by atoms with E-state index in [1.807, 2.05) is 72.9 Å². The van der Waals surface area contributed by atoms with Crippen LogP contribution < -0.4 is 5.32 Å². The Labute approximate surface area is 172 Å². The molecule has 0 saturated carbocycles. The predicted octanol–water partition coefficient (Wildman–Crippen LogP) is 6.33. The van der Waals surface area contributed by atoms with Crippen LogP contribution in [0.1, 0.15) is 0 Å². The molecule has 0 amide bonds. The predicted molar refractivity (Wildman–Crippen MR) is 120 cm³/mol. The van der Waals surface area contributed by atoms with Crippen LogP contribution in [0.25, 0.3) is 44.1 Å². The van der Waals surface area contributed by atoms with E-state index < -0.39 is 0 Å². The molecule has 3 aromatic heterocycles. The average Bonchev–Trinajstić information content (AvgIpc) is 3.17. The van der Waals surface area contributed by atoms with Gasteiger partial charge in [-0.25, -0.2) is 9.97 Å². The summed E-state index contributed by atoms with van der Waals surface area (Å²) in [5.74, 6) is 0.564. The SMILES string of the molecule is c1ccc(Nc2nc(-c3ccc4oc5ccncc5c4c3)c3ccccc3n2)cc1. The fraction of sp³-hybridized carbons (Fsp3) is 0. The summed E-state index contributed by atoms with van der Waals surface area (Å²) in [6, 6.07) is 26.0. The van der Waals surface area contributed by atoms with Crippen molar-refractivity contribution in [1.82, 2.24) is 15.0 Å². The van der Waals surface area contributed by atoms with E-state index in [4.69, 9.17) is 14.4 Å². The Kier molecular flexibility index (Phi) is 3.71. The van der Waals surface area contributed by atoms with Gasteiger partial charge in [-0.1, -0.05) is 36.4 Å². The monoisotopic (exact) mass is 388 g/mol. The lowest BCUT2D eigenvalue weighted by Crippen LogP contribution is -1.99. The number of nitrogens with zero attached hydrogens (tertiary/aromatic N) is 3. The minimum Gasteiger partial charge on any atom is -0.456 e. The lowest BCUT2D eigenvalue weighted by molar-refractivity contribution is 0.668. The molecule has 0 fully saturated rings. The second-order valence-corrected chi connectivity index (χ2v) is 7.09. The van der Waals surface area contributed by atoms with Gasteiger partial charge in [0.1, 0.15) is 11.2 Å². The number of fused-ring (bicyclic) bond motifs is 4. The highest BCUT2D eigenvalue weighted by Crippen LogP contribution is 2.34. The Bertz CT molecular complexity index is 1520. The van der Waals surface area contributed by atoms with Crippen molar-refractivity contribution in [2.45, 2.75) is 0 Å². The van der Waals surface area contributed by atoms with Crippen LogP contribution in [0, 0.1) is 0 Å².